The Morgan fingerprint density at radius 2 is 2.13 bits per heavy atom. The molecular weight excluding hydrogens is 432 g/mol. The Labute approximate surface area is 182 Å². The molecule has 1 atom stereocenters. The number of sulfonamides is 1. The summed E-state index contributed by atoms with van der Waals surface area (Å²) in [6.45, 7) is 8.46. The summed E-state index contributed by atoms with van der Waals surface area (Å²) in [5.41, 5.74) is 0.784. The van der Waals surface area contributed by atoms with Crippen LogP contribution in [0.3, 0.4) is 0 Å². The lowest BCUT2D eigenvalue weighted by molar-refractivity contribution is -0.133. The lowest BCUT2D eigenvalue weighted by Crippen LogP contribution is -2.35. The van der Waals surface area contributed by atoms with E-state index in [1.54, 1.807) is 6.92 Å². The van der Waals surface area contributed by atoms with Gasteiger partial charge in [-0.15, -0.1) is 0 Å². The zero-order valence-electron chi connectivity index (χ0n) is 17.1. The maximum absolute atomic E-state index is 12.6. The smallest absolute Gasteiger partial charge is 0.338 e. The average molecular weight is 459 g/mol. The van der Waals surface area contributed by atoms with Crippen LogP contribution in [-0.4, -0.2) is 64.1 Å². The zero-order valence-corrected chi connectivity index (χ0v) is 18.7. The first-order valence-electron chi connectivity index (χ1n) is 9.64. The molecule has 1 aliphatic heterocycles. The summed E-state index contributed by atoms with van der Waals surface area (Å²) in [5.74, 6) is -1.18. The highest BCUT2D eigenvalue weighted by molar-refractivity contribution is 7.89. The third-order valence-electron chi connectivity index (χ3n) is 4.50. The third-order valence-corrected chi connectivity index (χ3v) is 6.41. The molecule has 8 nitrogen and oxygen atoms in total. The first-order valence-corrected chi connectivity index (χ1v) is 11.5. The molecule has 30 heavy (non-hydrogen) atoms. The lowest BCUT2D eigenvalue weighted by atomic mass is 10.2. The van der Waals surface area contributed by atoms with Gasteiger partial charge in [-0.3, -0.25) is 4.79 Å². The van der Waals surface area contributed by atoms with Crippen molar-refractivity contribution in [2.75, 3.05) is 32.8 Å². The van der Waals surface area contributed by atoms with E-state index >= 15 is 0 Å². The first-order chi connectivity index (χ1) is 14.1. The van der Waals surface area contributed by atoms with Crippen LogP contribution in [0, 0.1) is 0 Å². The average Bonchev–Trinajstić information content (AvgIpc) is 3.22. The molecule has 0 radical (unpaired) electrons. The van der Waals surface area contributed by atoms with Gasteiger partial charge in [-0.25, -0.2) is 17.9 Å². The fourth-order valence-corrected chi connectivity index (χ4v) is 4.52. The number of benzene rings is 1. The second-order valence-electron chi connectivity index (χ2n) is 7.07. The molecule has 0 aliphatic carbocycles. The van der Waals surface area contributed by atoms with Crippen LogP contribution in [0.25, 0.3) is 0 Å². The van der Waals surface area contributed by atoms with Gasteiger partial charge in [-0.1, -0.05) is 23.8 Å². The van der Waals surface area contributed by atoms with Crippen molar-refractivity contribution < 1.29 is 27.5 Å². The van der Waals surface area contributed by atoms with Crippen LogP contribution in [0.4, 0.5) is 0 Å². The van der Waals surface area contributed by atoms with Gasteiger partial charge in [0.15, 0.2) is 6.61 Å². The summed E-state index contributed by atoms with van der Waals surface area (Å²) >= 11 is 6.05. The molecule has 166 valence electrons. The van der Waals surface area contributed by atoms with Crippen LogP contribution < -0.4 is 4.72 Å². The number of hydrogen-bond donors (Lipinski definition) is 1. The van der Waals surface area contributed by atoms with E-state index in [9.17, 15) is 18.0 Å². The van der Waals surface area contributed by atoms with E-state index in [1.807, 2.05) is 6.92 Å². The van der Waals surface area contributed by atoms with E-state index in [2.05, 4.69) is 11.3 Å². The summed E-state index contributed by atoms with van der Waals surface area (Å²) in [4.78, 5) is 25.8. The van der Waals surface area contributed by atoms with Crippen molar-refractivity contribution in [1.82, 2.24) is 9.62 Å². The molecule has 1 aromatic rings. The quantitative estimate of drug-likeness (QED) is 0.426. The summed E-state index contributed by atoms with van der Waals surface area (Å²) in [5, 5.41) is -0.0268. The van der Waals surface area contributed by atoms with Crippen LogP contribution in [0.2, 0.25) is 5.02 Å². The fraction of sp³-hybridized carbons (Fsp3) is 0.500. The summed E-state index contributed by atoms with van der Waals surface area (Å²) in [6.07, 6.45) is 1.48. The predicted molar refractivity (Wildman–Crippen MR) is 113 cm³/mol. The van der Waals surface area contributed by atoms with Crippen molar-refractivity contribution >= 4 is 33.5 Å². The van der Waals surface area contributed by atoms with Gasteiger partial charge >= 0.3 is 5.97 Å². The highest BCUT2D eigenvalue weighted by atomic mass is 35.5. The molecule has 1 N–H and O–H groups in total. The molecule has 0 saturated carbocycles. The van der Waals surface area contributed by atoms with E-state index in [-0.39, 0.29) is 34.0 Å². The van der Waals surface area contributed by atoms with E-state index in [0.29, 0.717) is 19.7 Å². The third kappa shape index (κ3) is 6.80. The highest BCUT2D eigenvalue weighted by Crippen LogP contribution is 2.23. The first kappa shape index (κ1) is 24.3. The van der Waals surface area contributed by atoms with Crippen molar-refractivity contribution in [3.63, 3.8) is 0 Å². The predicted octanol–water partition coefficient (Wildman–Crippen LogP) is 2.38. The Balaban J connectivity index is 2.04. The van der Waals surface area contributed by atoms with Gasteiger partial charge in [-0.05, 0) is 44.9 Å². The Kier molecular flexibility index (Phi) is 8.84. The number of ether oxygens (including phenoxy) is 2. The van der Waals surface area contributed by atoms with Gasteiger partial charge in [0.25, 0.3) is 5.91 Å². The van der Waals surface area contributed by atoms with Gasteiger partial charge in [0.2, 0.25) is 10.0 Å². The van der Waals surface area contributed by atoms with E-state index in [4.69, 9.17) is 21.1 Å². The number of nitrogens with zero attached hydrogens (tertiary/aromatic N) is 1. The number of esters is 1. The number of carbonyl (C=O) groups excluding carboxylic acids is 2. The summed E-state index contributed by atoms with van der Waals surface area (Å²) in [6, 6.07) is 3.79. The van der Waals surface area contributed by atoms with Crippen molar-refractivity contribution in [2.45, 2.75) is 37.7 Å². The zero-order chi connectivity index (χ0) is 22.3. The normalized spacial score (nSPS) is 16.3. The van der Waals surface area contributed by atoms with Crippen LogP contribution in [0.15, 0.2) is 35.2 Å². The summed E-state index contributed by atoms with van der Waals surface area (Å²) in [7, 11) is -3.95. The molecule has 1 heterocycles. The molecule has 1 unspecified atom stereocenters. The minimum Gasteiger partial charge on any atom is -0.452 e. The van der Waals surface area contributed by atoms with Crippen molar-refractivity contribution in [1.29, 1.82) is 0 Å². The molecule has 2 rings (SSSR count). The largest absolute Gasteiger partial charge is 0.452 e. The molecule has 10 heteroatoms. The number of halogens is 1. The number of rotatable bonds is 10. The van der Waals surface area contributed by atoms with Gasteiger partial charge in [0.05, 0.1) is 16.7 Å². The lowest BCUT2D eigenvalue weighted by Gasteiger charge is -2.20. The Hall–Kier alpha value is -1.94. The molecule has 0 spiro atoms. The Morgan fingerprint density at radius 1 is 1.40 bits per heavy atom. The van der Waals surface area contributed by atoms with Crippen LogP contribution >= 0.6 is 11.6 Å². The number of nitrogens with one attached hydrogen (secondary N) is 1. The SMILES string of the molecule is C=C(C)CN(CC)C(=O)COC(=O)c1ccc(Cl)c(S(=O)(=O)NCC2CCCO2)c1. The monoisotopic (exact) mass is 458 g/mol. The van der Waals surface area contributed by atoms with Gasteiger partial charge < -0.3 is 14.4 Å². The maximum atomic E-state index is 12.6. The molecule has 0 aromatic heterocycles. The maximum Gasteiger partial charge on any atom is 0.338 e. The van der Waals surface area contributed by atoms with Crippen LogP contribution in [0.5, 0.6) is 0 Å². The van der Waals surface area contributed by atoms with Crippen molar-refractivity contribution in [2.24, 2.45) is 0 Å². The van der Waals surface area contributed by atoms with E-state index in [1.165, 1.54) is 17.0 Å². The molecule has 1 saturated heterocycles. The number of hydrogen-bond acceptors (Lipinski definition) is 6. The molecular formula is C20H27ClN2O6S. The van der Waals surface area contributed by atoms with Gasteiger partial charge in [0.1, 0.15) is 4.90 Å². The van der Waals surface area contributed by atoms with E-state index < -0.39 is 22.6 Å². The van der Waals surface area contributed by atoms with Gasteiger partial charge in [-0.2, -0.15) is 0 Å². The standard InChI is InChI=1S/C20H27ClN2O6S/c1-4-23(12-14(2)3)19(24)13-29-20(25)15-7-8-17(21)18(10-15)30(26,27)22-11-16-6-5-9-28-16/h7-8,10,16,22H,2,4-6,9,11-13H2,1,3H3. The minimum absolute atomic E-state index is 0.0207. The van der Waals surface area contributed by atoms with E-state index in [0.717, 1.165) is 24.5 Å². The number of carbonyl (C=O) groups is 2. The van der Waals surface area contributed by atoms with Gasteiger partial charge in [0, 0.05) is 26.2 Å². The molecule has 1 amide bonds. The topological polar surface area (TPSA) is 102 Å². The number of likely N-dealkylation sites (N-methyl/N-ethyl adjacent to an activating group) is 1. The molecule has 1 aliphatic rings. The Bertz CT molecular complexity index is 897. The fourth-order valence-electron chi connectivity index (χ4n) is 2.93. The second kappa shape index (κ2) is 10.9. The molecule has 1 aromatic carbocycles. The Morgan fingerprint density at radius 3 is 2.73 bits per heavy atom. The number of amides is 1. The molecule has 0 bridgehead atoms. The van der Waals surface area contributed by atoms with Crippen LogP contribution in [-0.2, 0) is 24.3 Å². The second-order valence-corrected chi connectivity index (χ2v) is 9.22. The molecule has 1 fully saturated rings. The van der Waals surface area contributed by atoms with Crippen LogP contribution in [0.1, 0.15) is 37.0 Å². The minimum atomic E-state index is -3.95. The van der Waals surface area contributed by atoms with Crippen molar-refractivity contribution in [3.8, 4) is 0 Å². The summed E-state index contributed by atoms with van der Waals surface area (Å²) < 4.78 is 38.1. The van der Waals surface area contributed by atoms with Crippen molar-refractivity contribution in [3.05, 3.63) is 40.9 Å². The highest BCUT2D eigenvalue weighted by Gasteiger charge is 2.24.